The van der Waals surface area contributed by atoms with E-state index in [2.05, 4.69) is 10.3 Å². The molecule has 0 N–H and O–H groups in total. The standard InChI is InChI=1S/C8H10N4O2/c13-12(14)4-3-8-6-11(10-9-8)5-7-1-2-7/h3-4,6-7H,1-2,5H2/b4-3+. The smallest absolute Gasteiger partial charge is 0.236 e. The van der Waals surface area contributed by atoms with E-state index in [-0.39, 0.29) is 0 Å². The molecule has 1 aliphatic carbocycles. The van der Waals surface area contributed by atoms with Gasteiger partial charge in [-0.05, 0) is 18.8 Å². The predicted molar refractivity (Wildman–Crippen MR) is 48.8 cm³/mol. The molecule has 1 saturated carbocycles. The van der Waals surface area contributed by atoms with Crippen molar-refractivity contribution >= 4 is 6.08 Å². The Bertz CT molecular complexity index is 367. The quantitative estimate of drug-likeness (QED) is 0.528. The monoisotopic (exact) mass is 194 g/mol. The number of rotatable bonds is 4. The van der Waals surface area contributed by atoms with Crippen molar-refractivity contribution in [2.45, 2.75) is 19.4 Å². The molecular weight excluding hydrogens is 184 g/mol. The van der Waals surface area contributed by atoms with Crippen molar-refractivity contribution in [3.05, 3.63) is 28.2 Å². The summed E-state index contributed by atoms with van der Waals surface area (Å²) in [6, 6.07) is 0. The highest BCUT2D eigenvalue weighted by Crippen LogP contribution is 2.30. The van der Waals surface area contributed by atoms with Gasteiger partial charge in [0.2, 0.25) is 6.20 Å². The van der Waals surface area contributed by atoms with Gasteiger partial charge in [-0.1, -0.05) is 5.21 Å². The lowest BCUT2D eigenvalue weighted by Crippen LogP contribution is -1.99. The van der Waals surface area contributed by atoms with Crippen LogP contribution in [0.15, 0.2) is 12.4 Å². The molecule has 1 heterocycles. The van der Waals surface area contributed by atoms with Crippen molar-refractivity contribution in [3.63, 3.8) is 0 Å². The van der Waals surface area contributed by atoms with Gasteiger partial charge in [-0.25, -0.2) is 0 Å². The minimum absolute atomic E-state index is 0.514. The largest absolute Gasteiger partial charge is 0.259 e. The van der Waals surface area contributed by atoms with Gasteiger partial charge in [0.25, 0.3) is 0 Å². The molecule has 0 radical (unpaired) electrons. The van der Waals surface area contributed by atoms with Crippen LogP contribution in [0.4, 0.5) is 0 Å². The molecule has 0 aliphatic heterocycles. The van der Waals surface area contributed by atoms with E-state index in [1.165, 1.54) is 18.9 Å². The van der Waals surface area contributed by atoms with Gasteiger partial charge in [-0.15, -0.1) is 5.10 Å². The fourth-order valence-corrected chi connectivity index (χ4v) is 1.18. The Morgan fingerprint density at radius 3 is 3.14 bits per heavy atom. The van der Waals surface area contributed by atoms with E-state index in [0.29, 0.717) is 5.69 Å². The fourth-order valence-electron chi connectivity index (χ4n) is 1.18. The summed E-state index contributed by atoms with van der Waals surface area (Å²) in [5.41, 5.74) is 0.530. The Morgan fingerprint density at radius 1 is 1.71 bits per heavy atom. The zero-order chi connectivity index (χ0) is 9.97. The van der Waals surface area contributed by atoms with Crippen LogP contribution in [0.1, 0.15) is 18.5 Å². The van der Waals surface area contributed by atoms with E-state index in [0.717, 1.165) is 18.7 Å². The molecule has 1 aromatic heterocycles. The molecule has 1 fully saturated rings. The SMILES string of the molecule is O=[N+]([O-])/C=C/c1cn(CC2CC2)nn1. The summed E-state index contributed by atoms with van der Waals surface area (Å²) in [4.78, 5) is 9.52. The summed E-state index contributed by atoms with van der Waals surface area (Å²) in [6.07, 6.45) is 6.43. The van der Waals surface area contributed by atoms with E-state index in [1.807, 2.05) is 0 Å². The van der Waals surface area contributed by atoms with E-state index in [4.69, 9.17) is 0 Å². The first kappa shape index (κ1) is 8.86. The average Bonchev–Trinajstić information content (AvgIpc) is 2.81. The number of nitro groups is 1. The molecule has 2 rings (SSSR count). The molecule has 0 amide bonds. The molecule has 0 saturated heterocycles. The van der Waals surface area contributed by atoms with Gasteiger partial charge in [-0.3, -0.25) is 14.8 Å². The van der Waals surface area contributed by atoms with Crippen LogP contribution < -0.4 is 0 Å². The zero-order valence-electron chi connectivity index (χ0n) is 7.54. The highest BCUT2D eigenvalue weighted by molar-refractivity contribution is 5.40. The molecule has 0 atom stereocenters. The Balaban J connectivity index is 1.97. The molecule has 74 valence electrons. The maximum absolute atomic E-state index is 10.0. The summed E-state index contributed by atoms with van der Waals surface area (Å²) in [6.45, 7) is 0.874. The third-order valence-electron chi connectivity index (χ3n) is 2.07. The van der Waals surface area contributed by atoms with Crippen LogP contribution in [0, 0.1) is 16.0 Å². The van der Waals surface area contributed by atoms with Crippen LogP contribution in [0.25, 0.3) is 6.08 Å². The van der Waals surface area contributed by atoms with Crippen LogP contribution in [0.3, 0.4) is 0 Å². The first-order valence-electron chi connectivity index (χ1n) is 4.46. The van der Waals surface area contributed by atoms with Crippen molar-refractivity contribution in [2.24, 2.45) is 5.92 Å². The third kappa shape index (κ3) is 2.38. The molecule has 1 aliphatic rings. The molecule has 6 nitrogen and oxygen atoms in total. The second-order valence-corrected chi connectivity index (χ2v) is 3.41. The van der Waals surface area contributed by atoms with Crippen LogP contribution in [-0.4, -0.2) is 19.9 Å². The van der Waals surface area contributed by atoms with Crippen LogP contribution in [0.2, 0.25) is 0 Å². The molecule has 0 aromatic carbocycles. The van der Waals surface area contributed by atoms with E-state index < -0.39 is 4.92 Å². The topological polar surface area (TPSA) is 73.8 Å². The normalized spacial score (nSPS) is 16.3. The van der Waals surface area contributed by atoms with Crippen molar-refractivity contribution in [2.75, 3.05) is 0 Å². The van der Waals surface area contributed by atoms with Gasteiger partial charge in [0.05, 0.1) is 11.1 Å². The van der Waals surface area contributed by atoms with Crippen molar-refractivity contribution in [1.82, 2.24) is 15.0 Å². The first-order chi connectivity index (χ1) is 6.74. The lowest BCUT2D eigenvalue weighted by atomic mass is 10.4. The van der Waals surface area contributed by atoms with Gasteiger partial charge >= 0.3 is 0 Å². The van der Waals surface area contributed by atoms with E-state index in [9.17, 15) is 10.1 Å². The van der Waals surface area contributed by atoms with Gasteiger partial charge in [0.1, 0.15) is 5.69 Å². The summed E-state index contributed by atoms with van der Waals surface area (Å²) >= 11 is 0. The summed E-state index contributed by atoms with van der Waals surface area (Å²) in [5, 5.41) is 17.7. The van der Waals surface area contributed by atoms with Crippen molar-refractivity contribution < 1.29 is 4.92 Å². The molecule has 0 bridgehead atoms. The molecule has 1 aromatic rings. The van der Waals surface area contributed by atoms with Crippen LogP contribution in [0.5, 0.6) is 0 Å². The number of hydrogen-bond donors (Lipinski definition) is 0. The lowest BCUT2D eigenvalue weighted by Gasteiger charge is -1.93. The Morgan fingerprint density at radius 2 is 2.50 bits per heavy atom. The first-order valence-corrected chi connectivity index (χ1v) is 4.46. The molecule has 0 unspecified atom stereocenters. The van der Waals surface area contributed by atoms with Crippen LogP contribution >= 0.6 is 0 Å². The number of nitrogens with zero attached hydrogens (tertiary/aromatic N) is 4. The molecule has 14 heavy (non-hydrogen) atoms. The lowest BCUT2D eigenvalue weighted by molar-refractivity contribution is -0.401. The molecule has 6 heteroatoms. The Hall–Kier alpha value is -1.72. The van der Waals surface area contributed by atoms with Gasteiger partial charge in [0.15, 0.2) is 0 Å². The highest BCUT2D eigenvalue weighted by Gasteiger charge is 2.22. The maximum Gasteiger partial charge on any atom is 0.236 e. The minimum Gasteiger partial charge on any atom is -0.259 e. The fraction of sp³-hybridized carbons (Fsp3) is 0.500. The Kier molecular flexibility index (Phi) is 2.26. The second-order valence-electron chi connectivity index (χ2n) is 3.41. The highest BCUT2D eigenvalue weighted by atomic mass is 16.6. The molecule has 0 spiro atoms. The average molecular weight is 194 g/mol. The summed E-state index contributed by atoms with van der Waals surface area (Å²) in [7, 11) is 0. The van der Waals surface area contributed by atoms with E-state index in [1.54, 1.807) is 10.9 Å². The van der Waals surface area contributed by atoms with Crippen LogP contribution in [-0.2, 0) is 6.54 Å². The summed E-state index contributed by atoms with van der Waals surface area (Å²) in [5.74, 6) is 0.726. The van der Waals surface area contributed by atoms with Crippen molar-refractivity contribution in [1.29, 1.82) is 0 Å². The number of hydrogen-bond acceptors (Lipinski definition) is 4. The van der Waals surface area contributed by atoms with Gasteiger partial charge < -0.3 is 0 Å². The van der Waals surface area contributed by atoms with E-state index >= 15 is 0 Å². The number of aromatic nitrogens is 3. The maximum atomic E-state index is 10.0. The third-order valence-corrected chi connectivity index (χ3v) is 2.07. The van der Waals surface area contributed by atoms with Gasteiger partial charge in [0, 0.05) is 12.6 Å². The second kappa shape index (κ2) is 3.57. The van der Waals surface area contributed by atoms with Crippen molar-refractivity contribution in [3.8, 4) is 0 Å². The Labute approximate surface area is 80.4 Å². The molecular formula is C8H10N4O2. The summed E-state index contributed by atoms with van der Waals surface area (Å²) < 4.78 is 1.73. The predicted octanol–water partition coefficient (Wildman–Crippen LogP) is 0.935. The zero-order valence-corrected chi connectivity index (χ0v) is 7.54. The van der Waals surface area contributed by atoms with Gasteiger partial charge in [-0.2, -0.15) is 0 Å². The minimum atomic E-state index is -0.514.